The molecule has 6 rings (SSSR count). The number of halogens is 1. The molecular formula is C45H52FN3O9. The Morgan fingerprint density at radius 2 is 1.79 bits per heavy atom. The smallest absolute Gasteiger partial charge is 0.269 e. The second-order valence-electron chi connectivity index (χ2n) is 15.0. The largest absolute Gasteiger partial charge is 0.508 e. The van der Waals surface area contributed by atoms with Gasteiger partial charge in [0.15, 0.2) is 0 Å². The molecule has 0 unspecified atom stereocenters. The Hall–Kier alpha value is -5.37. The van der Waals surface area contributed by atoms with E-state index in [0.717, 1.165) is 36.8 Å². The molecule has 3 aliphatic rings. The average Bonchev–Trinajstić information content (AvgIpc) is 3.22. The number of benzene rings is 3. The molecule has 12 nitrogen and oxygen atoms in total. The van der Waals surface area contributed by atoms with E-state index in [2.05, 4.69) is 12.7 Å². The average molecular weight is 798 g/mol. The maximum atomic E-state index is 14.8. The molecule has 0 bridgehead atoms. The number of nitrogens with zero attached hydrogens (tertiary/aromatic N) is 3. The molecule has 1 heterocycles. The van der Waals surface area contributed by atoms with Crippen molar-refractivity contribution in [2.45, 2.75) is 76.2 Å². The number of unbranched alkanes of at least 4 members (excludes halogenated alkanes) is 2. The molecule has 2 aliphatic carbocycles. The molecule has 13 heteroatoms. The van der Waals surface area contributed by atoms with E-state index in [1.807, 2.05) is 6.92 Å². The first-order chi connectivity index (χ1) is 28.1. The van der Waals surface area contributed by atoms with E-state index in [4.69, 9.17) is 19.5 Å². The number of amides is 1. The second kappa shape index (κ2) is 19.4. The van der Waals surface area contributed by atoms with Crippen LogP contribution < -0.4 is 4.74 Å². The maximum Gasteiger partial charge on any atom is 0.269 e. The summed E-state index contributed by atoms with van der Waals surface area (Å²) in [6, 6.07) is 15.9. The fourth-order valence-corrected chi connectivity index (χ4v) is 8.90. The van der Waals surface area contributed by atoms with Gasteiger partial charge >= 0.3 is 0 Å². The third kappa shape index (κ3) is 9.17. The second-order valence-corrected chi connectivity index (χ2v) is 15.0. The van der Waals surface area contributed by atoms with Crippen molar-refractivity contribution in [2.75, 3.05) is 26.4 Å². The zero-order valence-electron chi connectivity index (χ0n) is 32.8. The van der Waals surface area contributed by atoms with Crippen LogP contribution in [0, 0.1) is 33.7 Å². The Morgan fingerprint density at radius 1 is 1.07 bits per heavy atom. The summed E-state index contributed by atoms with van der Waals surface area (Å²) < 4.78 is 28.3. The van der Waals surface area contributed by atoms with Gasteiger partial charge in [-0.1, -0.05) is 42.3 Å². The summed E-state index contributed by atoms with van der Waals surface area (Å²) in [7, 11) is 0. The van der Waals surface area contributed by atoms with E-state index in [0.29, 0.717) is 42.0 Å². The lowest BCUT2D eigenvalue weighted by Crippen LogP contribution is -2.70. The SMILES string of the molecule is C=CCO[C@@]12Oc3ccc(O)cc3[C@H]3[C@H](CCCCO)[C@@H](CCCCO)C=C(C(=NOCC)C[C@@H]1N(Cc1ccc(F)cc1)C(=O)C=Cc1ccc([N+](=O)[O-])cc1)[C@H]32. The summed E-state index contributed by atoms with van der Waals surface area (Å²) in [6.45, 7) is 6.30. The van der Waals surface area contributed by atoms with E-state index in [1.165, 1.54) is 30.3 Å². The van der Waals surface area contributed by atoms with E-state index in [9.17, 15) is 34.6 Å². The predicted octanol–water partition coefficient (Wildman–Crippen LogP) is 7.84. The van der Waals surface area contributed by atoms with Crippen LogP contribution >= 0.6 is 0 Å². The number of fused-ring (bicyclic) bond motifs is 2. The van der Waals surface area contributed by atoms with Gasteiger partial charge in [-0.05, 0) is 110 Å². The molecular weight excluding hydrogens is 746 g/mol. The number of hydrogen-bond acceptors (Lipinski definition) is 10. The van der Waals surface area contributed by atoms with Crippen LogP contribution in [0.15, 0.2) is 102 Å². The summed E-state index contributed by atoms with van der Waals surface area (Å²) in [5.41, 5.74) is 3.40. The number of aromatic hydroxyl groups is 1. The molecule has 1 fully saturated rings. The van der Waals surface area contributed by atoms with Gasteiger partial charge in [0, 0.05) is 55.9 Å². The molecule has 0 spiro atoms. The van der Waals surface area contributed by atoms with Gasteiger partial charge in [-0.2, -0.15) is 0 Å². The summed E-state index contributed by atoms with van der Waals surface area (Å²) >= 11 is 0. The Bertz CT molecular complexity index is 2000. The molecule has 6 atom stereocenters. The number of phenols is 1. The Kier molecular flexibility index (Phi) is 14.1. The molecule has 0 aromatic heterocycles. The van der Waals surface area contributed by atoms with Gasteiger partial charge in [0.25, 0.3) is 5.69 Å². The van der Waals surface area contributed by atoms with Gasteiger partial charge in [-0.3, -0.25) is 14.9 Å². The van der Waals surface area contributed by atoms with Crippen LogP contribution in [-0.2, 0) is 20.9 Å². The Balaban J connectivity index is 1.57. The van der Waals surface area contributed by atoms with E-state index < -0.39 is 34.4 Å². The number of nitro benzene ring substituents is 1. The number of aliphatic hydroxyl groups excluding tert-OH is 2. The first-order valence-electron chi connectivity index (χ1n) is 20.0. The number of carbonyl (C=O) groups excluding carboxylic acids is 1. The van der Waals surface area contributed by atoms with Crippen LogP contribution in [0.2, 0.25) is 0 Å². The Morgan fingerprint density at radius 3 is 2.47 bits per heavy atom. The predicted molar refractivity (Wildman–Crippen MR) is 217 cm³/mol. The first-order valence-corrected chi connectivity index (χ1v) is 20.0. The highest BCUT2D eigenvalue weighted by molar-refractivity contribution is 6.03. The molecule has 0 radical (unpaired) electrons. The van der Waals surface area contributed by atoms with Gasteiger partial charge in [-0.25, -0.2) is 4.39 Å². The van der Waals surface area contributed by atoms with E-state index in [1.54, 1.807) is 59.5 Å². The quantitative estimate of drug-likeness (QED) is 0.0361. The topological polar surface area (TPSA) is 164 Å². The van der Waals surface area contributed by atoms with Gasteiger partial charge in [0.05, 0.1) is 23.2 Å². The van der Waals surface area contributed by atoms with Crippen LogP contribution in [0.4, 0.5) is 10.1 Å². The minimum Gasteiger partial charge on any atom is -0.508 e. The monoisotopic (exact) mass is 797 g/mol. The Labute approximate surface area is 338 Å². The number of allylic oxidation sites excluding steroid dienone is 1. The first kappa shape index (κ1) is 42.2. The standard InChI is InChI=1S/C45H52FN3O9/c1-3-25-56-45-41(48(29-31-11-16-33(46)17-12-31)42(53)22-15-30-13-18-34(19-14-30)49(54)55)28-39(47-57-4-2)37-26-32(9-5-7-23-50)36(10-6-8-24-51)43(44(37)45)38-27-35(52)20-21-40(38)58-45/h3,11-22,26-27,32,36,41,43-44,50-52H,1,4-10,23-25,28-29H2,2H3/t32-,36+,41-,43+,44+,45+/m0/s1. The van der Waals surface area contributed by atoms with Crippen molar-refractivity contribution in [1.29, 1.82) is 0 Å². The van der Waals surface area contributed by atoms with Crippen molar-refractivity contribution >= 4 is 23.4 Å². The summed E-state index contributed by atoms with van der Waals surface area (Å²) in [5.74, 6) is -2.71. The molecule has 0 saturated heterocycles. The molecule has 1 amide bonds. The van der Waals surface area contributed by atoms with Crippen LogP contribution in [0.3, 0.4) is 0 Å². The fourth-order valence-electron chi connectivity index (χ4n) is 8.90. The van der Waals surface area contributed by atoms with Gasteiger partial charge in [0.1, 0.15) is 30.0 Å². The van der Waals surface area contributed by atoms with Crippen molar-refractivity contribution in [2.24, 2.45) is 22.9 Å². The van der Waals surface area contributed by atoms with Crippen LogP contribution in [-0.4, -0.2) is 75.0 Å². The van der Waals surface area contributed by atoms with Crippen LogP contribution in [0.25, 0.3) is 6.08 Å². The third-order valence-corrected chi connectivity index (χ3v) is 11.4. The highest BCUT2D eigenvalue weighted by Gasteiger charge is 2.65. The number of nitro groups is 1. The number of ether oxygens (including phenoxy) is 2. The van der Waals surface area contributed by atoms with Crippen molar-refractivity contribution in [3.05, 3.63) is 130 Å². The zero-order chi connectivity index (χ0) is 41.2. The van der Waals surface area contributed by atoms with E-state index in [-0.39, 0.29) is 62.0 Å². The number of phenolic OH excluding ortho intramolecular Hbond substituents is 1. The van der Waals surface area contributed by atoms with Crippen molar-refractivity contribution in [3.63, 3.8) is 0 Å². The maximum absolute atomic E-state index is 14.8. The highest BCUT2D eigenvalue weighted by atomic mass is 19.1. The molecule has 58 heavy (non-hydrogen) atoms. The van der Waals surface area contributed by atoms with Crippen LogP contribution in [0.1, 0.15) is 74.5 Å². The molecule has 308 valence electrons. The number of hydrogen-bond donors (Lipinski definition) is 3. The van der Waals surface area contributed by atoms with E-state index >= 15 is 0 Å². The summed E-state index contributed by atoms with van der Waals surface area (Å²) in [4.78, 5) is 33.0. The lowest BCUT2D eigenvalue weighted by molar-refractivity contribution is -0.384. The molecule has 1 saturated carbocycles. The number of rotatable bonds is 19. The van der Waals surface area contributed by atoms with Crippen molar-refractivity contribution < 1.29 is 43.7 Å². The van der Waals surface area contributed by atoms with Crippen molar-refractivity contribution in [3.8, 4) is 11.5 Å². The van der Waals surface area contributed by atoms with Gasteiger partial charge in [0.2, 0.25) is 11.7 Å². The zero-order valence-corrected chi connectivity index (χ0v) is 32.8. The van der Waals surface area contributed by atoms with Crippen molar-refractivity contribution in [1.82, 2.24) is 4.90 Å². The minimum absolute atomic E-state index is 0.0227. The molecule has 1 aliphatic heterocycles. The summed E-state index contributed by atoms with van der Waals surface area (Å²) in [5, 5.41) is 46.5. The molecule has 3 aromatic carbocycles. The minimum atomic E-state index is -1.54. The number of carbonyl (C=O) groups is 1. The van der Waals surface area contributed by atoms with Crippen LogP contribution in [0.5, 0.6) is 11.5 Å². The third-order valence-electron chi connectivity index (χ3n) is 11.4. The van der Waals surface area contributed by atoms with Gasteiger partial charge < -0.3 is 34.5 Å². The fraction of sp³-hybridized carbons (Fsp3) is 0.422. The lowest BCUT2D eigenvalue weighted by atomic mass is 9.55. The summed E-state index contributed by atoms with van der Waals surface area (Å²) in [6.07, 6.45) is 11.3. The normalized spacial score (nSPS) is 24.0. The highest BCUT2D eigenvalue weighted by Crippen LogP contribution is 2.62. The molecule has 3 aromatic rings. The number of aliphatic hydroxyl groups is 2. The number of oxime groups is 1. The lowest BCUT2D eigenvalue weighted by Gasteiger charge is -2.60. The molecule has 3 N–H and O–H groups in total. The van der Waals surface area contributed by atoms with Gasteiger partial charge in [-0.15, -0.1) is 6.58 Å². The number of non-ortho nitro benzene ring substituents is 1.